The number of hydrogen-bond donors (Lipinski definition) is 2. The van der Waals surface area contributed by atoms with Crippen molar-refractivity contribution in [3.05, 3.63) is 23.9 Å². The average Bonchev–Trinajstić information content (AvgIpc) is 2.78. The van der Waals surface area contributed by atoms with Crippen LogP contribution in [0.1, 0.15) is 45.6 Å². The lowest BCUT2D eigenvalue weighted by atomic mass is 9.58. The molecule has 0 saturated heterocycles. The Morgan fingerprint density at radius 1 is 1.39 bits per heavy atom. The largest absolute Gasteiger partial charge is 0.384 e. The second-order valence-electron chi connectivity index (χ2n) is 6.87. The van der Waals surface area contributed by atoms with Gasteiger partial charge in [-0.2, -0.15) is 0 Å². The van der Waals surface area contributed by atoms with Crippen LogP contribution in [-0.4, -0.2) is 10.1 Å². The van der Waals surface area contributed by atoms with Crippen molar-refractivity contribution < 1.29 is 5.11 Å². The number of hydrogen-bond acceptors (Lipinski definition) is 3. The van der Waals surface area contributed by atoms with Crippen molar-refractivity contribution in [1.82, 2.24) is 4.98 Å². The molecule has 0 aromatic carbocycles. The van der Waals surface area contributed by atoms with E-state index in [-0.39, 0.29) is 10.8 Å². The Bertz CT molecular complexity index is 492. The fraction of sp³-hybridized carbons (Fsp3) is 0.667. The van der Waals surface area contributed by atoms with Crippen LogP contribution >= 0.6 is 0 Å². The van der Waals surface area contributed by atoms with Gasteiger partial charge >= 0.3 is 0 Å². The fourth-order valence-electron chi connectivity index (χ4n) is 4.65. The van der Waals surface area contributed by atoms with Crippen molar-refractivity contribution in [1.29, 1.82) is 0 Å². The molecule has 1 heterocycles. The number of nitrogen functional groups attached to an aromatic ring is 1. The van der Waals surface area contributed by atoms with Crippen molar-refractivity contribution in [2.45, 2.75) is 45.6 Å². The van der Waals surface area contributed by atoms with Crippen LogP contribution in [0.15, 0.2) is 18.3 Å². The SMILES string of the molecule is CC12CCC(C1)C(C)(C)C2(O)c1cccnc1N. The van der Waals surface area contributed by atoms with Crippen molar-refractivity contribution in [3.8, 4) is 0 Å². The van der Waals surface area contributed by atoms with Gasteiger partial charge in [0.25, 0.3) is 0 Å². The lowest BCUT2D eigenvalue weighted by Crippen LogP contribution is -2.51. The molecule has 0 amide bonds. The highest BCUT2D eigenvalue weighted by atomic mass is 16.3. The zero-order valence-electron chi connectivity index (χ0n) is 11.4. The molecule has 3 nitrogen and oxygen atoms in total. The molecule has 2 saturated carbocycles. The van der Waals surface area contributed by atoms with Gasteiger partial charge in [-0.05, 0) is 31.2 Å². The number of nitrogens with two attached hydrogens (primary N) is 1. The molecule has 3 unspecified atom stereocenters. The molecule has 0 spiro atoms. The van der Waals surface area contributed by atoms with E-state index in [0.29, 0.717) is 11.7 Å². The number of aliphatic hydroxyl groups is 1. The summed E-state index contributed by atoms with van der Waals surface area (Å²) in [4.78, 5) is 4.17. The number of nitrogens with zero attached hydrogens (tertiary/aromatic N) is 1. The molecule has 0 aliphatic heterocycles. The Morgan fingerprint density at radius 2 is 2.11 bits per heavy atom. The molecule has 0 radical (unpaired) electrons. The van der Waals surface area contributed by atoms with Gasteiger partial charge in [-0.25, -0.2) is 4.98 Å². The smallest absolute Gasteiger partial charge is 0.129 e. The van der Waals surface area contributed by atoms with Crippen LogP contribution in [0.25, 0.3) is 0 Å². The van der Waals surface area contributed by atoms with Gasteiger partial charge in [0, 0.05) is 22.6 Å². The summed E-state index contributed by atoms with van der Waals surface area (Å²) < 4.78 is 0. The molecule has 3 N–H and O–H groups in total. The van der Waals surface area contributed by atoms with Crippen LogP contribution in [0, 0.1) is 16.7 Å². The molecule has 2 aliphatic rings. The fourth-order valence-corrected chi connectivity index (χ4v) is 4.65. The van der Waals surface area contributed by atoms with Gasteiger partial charge in [-0.3, -0.25) is 0 Å². The number of rotatable bonds is 1. The van der Waals surface area contributed by atoms with Crippen molar-refractivity contribution in [2.24, 2.45) is 16.7 Å². The topological polar surface area (TPSA) is 59.1 Å². The Kier molecular flexibility index (Phi) is 2.17. The van der Waals surface area contributed by atoms with E-state index in [9.17, 15) is 5.11 Å². The van der Waals surface area contributed by atoms with E-state index < -0.39 is 5.60 Å². The summed E-state index contributed by atoms with van der Waals surface area (Å²) in [6, 6.07) is 3.81. The van der Waals surface area contributed by atoms with Crippen LogP contribution < -0.4 is 5.73 Å². The minimum absolute atomic E-state index is 0.0711. The minimum Gasteiger partial charge on any atom is -0.384 e. The normalized spacial score (nSPS) is 41.2. The first kappa shape index (κ1) is 12.0. The Balaban J connectivity index is 2.23. The quantitative estimate of drug-likeness (QED) is 0.801. The molecule has 1 aromatic heterocycles. The van der Waals surface area contributed by atoms with E-state index in [2.05, 4.69) is 25.8 Å². The van der Waals surface area contributed by atoms with Crippen molar-refractivity contribution in [2.75, 3.05) is 5.73 Å². The van der Waals surface area contributed by atoms with Crippen LogP contribution in [0.2, 0.25) is 0 Å². The van der Waals surface area contributed by atoms with Gasteiger partial charge in [0.05, 0.1) is 0 Å². The lowest BCUT2D eigenvalue weighted by molar-refractivity contribution is -0.150. The Labute approximate surface area is 108 Å². The first-order valence-electron chi connectivity index (χ1n) is 6.76. The van der Waals surface area contributed by atoms with E-state index in [1.165, 1.54) is 6.42 Å². The van der Waals surface area contributed by atoms with E-state index in [0.717, 1.165) is 18.4 Å². The van der Waals surface area contributed by atoms with Gasteiger partial charge in [0.15, 0.2) is 0 Å². The number of aromatic nitrogens is 1. The molecule has 2 bridgehead atoms. The number of fused-ring (bicyclic) bond motifs is 2. The summed E-state index contributed by atoms with van der Waals surface area (Å²) in [5.41, 5.74) is 5.77. The molecular weight excluding hydrogens is 224 g/mol. The predicted octanol–water partition coefficient (Wildman–Crippen LogP) is 2.70. The van der Waals surface area contributed by atoms with E-state index >= 15 is 0 Å². The standard InChI is InChI=1S/C15H22N2O/c1-13(2)10-6-7-14(3,9-10)15(13,18)11-5-4-8-17-12(11)16/h4-5,8,10,18H,6-7,9H2,1-3H3,(H2,16,17). The van der Waals surface area contributed by atoms with Gasteiger partial charge in [-0.1, -0.05) is 26.8 Å². The highest BCUT2D eigenvalue weighted by molar-refractivity contribution is 5.47. The van der Waals surface area contributed by atoms with Crippen LogP contribution in [0.3, 0.4) is 0 Å². The third kappa shape index (κ3) is 1.11. The second-order valence-corrected chi connectivity index (χ2v) is 6.87. The zero-order valence-corrected chi connectivity index (χ0v) is 11.4. The molecule has 3 heteroatoms. The predicted molar refractivity (Wildman–Crippen MR) is 71.8 cm³/mol. The lowest BCUT2D eigenvalue weighted by Gasteiger charge is -2.51. The first-order chi connectivity index (χ1) is 8.33. The van der Waals surface area contributed by atoms with E-state index in [1.54, 1.807) is 6.20 Å². The van der Waals surface area contributed by atoms with Crippen molar-refractivity contribution in [3.63, 3.8) is 0 Å². The maximum atomic E-state index is 11.5. The summed E-state index contributed by atoms with van der Waals surface area (Å²) in [6.45, 7) is 6.55. The van der Waals surface area contributed by atoms with Gasteiger partial charge < -0.3 is 10.8 Å². The summed E-state index contributed by atoms with van der Waals surface area (Å²) in [5.74, 6) is 1.05. The summed E-state index contributed by atoms with van der Waals surface area (Å²) in [5, 5.41) is 11.5. The van der Waals surface area contributed by atoms with Crippen molar-refractivity contribution >= 4 is 5.82 Å². The molecule has 18 heavy (non-hydrogen) atoms. The van der Waals surface area contributed by atoms with Gasteiger partial charge in [0.1, 0.15) is 11.4 Å². The maximum Gasteiger partial charge on any atom is 0.129 e. The Morgan fingerprint density at radius 3 is 2.67 bits per heavy atom. The first-order valence-corrected chi connectivity index (χ1v) is 6.76. The van der Waals surface area contributed by atoms with E-state index in [1.807, 2.05) is 12.1 Å². The third-order valence-electron chi connectivity index (χ3n) is 5.80. The maximum absolute atomic E-state index is 11.5. The summed E-state index contributed by atoms with van der Waals surface area (Å²) in [7, 11) is 0. The highest BCUT2D eigenvalue weighted by Crippen LogP contribution is 2.72. The monoisotopic (exact) mass is 246 g/mol. The minimum atomic E-state index is -0.860. The van der Waals surface area contributed by atoms with Gasteiger partial charge in [-0.15, -0.1) is 0 Å². The van der Waals surface area contributed by atoms with Gasteiger partial charge in [0.2, 0.25) is 0 Å². The molecule has 3 atom stereocenters. The average molecular weight is 246 g/mol. The van der Waals surface area contributed by atoms with Crippen LogP contribution in [-0.2, 0) is 5.60 Å². The summed E-state index contributed by atoms with van der Waals surface area (Å²) >= 11 is 0. The molecule has 98 valence electrons. The Hall–Kier alpha value is -1.09. The molecule has 1 aromatic rings. The van der Waals surface area contributed by atoms with Crippen LogP contribution in [0.4, 0.5) is 5.82 Å². The zero-order chi connectivity index (χ0) is 13.2. The summed E-state index contributed by atoms with van der Waals surface area (Å²) in [6.07, 6.45) is 5.06. The number of anilines is 1. The molecular formula is C15H22N2O. The van der Waals surface area contributed by atoms with Crippen LogP contribution in [0.5, 0.6) is 0 Å². The van der Waals surface area contributed by atoms with E-state index in [4.69, 9.17) is 5.73 Å². The molecule has 3 rings (SSSR count). The third-order valence-corrected chi connectivity index (χ3v) is 5.80. The number of pyridine rings is 1. The highest BCUT2D eigenvalue weighted by Gasteiger charge is 2.69. The molecule has 2 aliphatic carbocycles. The molecule has 2 fully saturated rings. The second kappa shape index (κ2) is 3.27.